The first-order chi connectivity index (χ1) is 9.70. The average molecular weight is 292 g/mol. The van der Waals surface area contributed by atoms with Gasteiger partial charge in [-0.15, -0.1) is 0 Å². The Balaban J connectivity index is 2.02. The Hall–Kier alpha value is -2.12. The van der Waals surface area contributed by atoms with Gasteiger partial charge in [-0.3, -0.25) is 4.79 Å². The van der Waals surface area contributed by atoms with Crippen LogP contribution in [0.15, 0.2) is 30.3 Å². The number of para-hydroxylation sites is 1. The van der Waals surface area contributed by atoms with Gasteiger partial charge in [-0.1, -0.05) is 29.5 Å². The summed E-state index contributed by atoms with van der Waals surface area (Å²) in [5.41, 5.74) is 6.49. The summed E-state index contributed by atoms with van der Waals surface area (Å²) in [7, 11) is 1.62. The Labute approximate surface area is 121 Å². The fraction of sp³-hybridized carbons (Fsp3) is 0.231. The molecule has 0 unspecified atom stereocenters. The largest absolute Gasteiger partial charge is 0.383 e. The predicted molar refractivity (Wildman–Crippen MR) is 81.3 cm³/mol. The molecule has 4 N–H and O–H groups in total. The van der Waals surface area contributed by atoms with Crippen LogP contribution in [0.3, 0.4) is 0 Å². The van der Waals surface area contributed by atoms with Gasteiger partial charge in [0, 0.05) is 19.3 Å². The fourth-order valence-electron chi connectivity index (χ4n) is 1.54. The molecule has 0 aliphatic heterocycles. The second-order valence-corrected chi connectivity index (χ2v) is 4.97. The smallest absolute Gasteiger partial charge is 0.269 e. The summed E-state index contributed by atoms with van der Waals surface area (Å²) in [6.07, 6.45) is 0. The second kappa shape index (κ2) is 6.88. The number of hydrogen-bond donors (Lipinski definition) is 3. The molecule has 0 atom stereocenters. The number of nitrogen functional groups attached to an aromatic ring is 1. The van der Waals surface area contributed by atoms with Crippen LogP contribution in [-0.4, -0.2) is 31.2 Å². The van der Waals surface area contributed by atoms with Crippen molar-refractivity contribution in [3.05, 3.63) is 35.2 Å². The molecule has 1 heterocycles. The number of ether oxygens (including phenoxy) is 1. The number of hydrogen-bond acceptors (Lipinski definition) is 6. The molecule has 0 bridgehead atoms. The number of rotatable bonds is 6. The van der Waals surface area contributed by atoms with Crippen LogP contribution in [0, 0.1) is 0 Å². The maximum Gasteiger partial charge on any atom is 0.269 e. The van der Waals surface area contributed by atoms with Crippen LogP contribution >= 0.6 is 11.3 Å². The van der Waals surface area contributed by atoms with Crippen LogP contribution in [0.2, 0.25) is 0 Å². The molecule has 106 valence electrons. The van der Waals surface area contributed by atoms with Crippen LogP contribution in [0.1, 0.15) is 9.67 Å². The van der Waals surface area contributed by atoms with Crippen molar-refractivity contribution in [1.29, 1.82) is 0 Å². The first-order valence-electron chi connectivity index (χ1n) is 6.06. The summed E-state index contributed by atoms with van der Waals surface area (Å²) < 4.78 is 4.93. The first-order valence-corrected chi connectivity index (χ1v) is 6.88. The lowest BCUT2D eigenvalue weighted by molar-refractivity contribution is 0.103. The molecule has 7 heteroatoms. The van der Waals surface area contributed by atoms with Crippen molar-refractivity contribution in [2.24, 2.45) is 0 Å². The molecule has 1 aromatic heterocycles. The van der Waals surface area contributed by atoms with Gasteiger partial charge in [0.05, 0.1) is 6.61 Å². The predicted octanol–water partition coefficient (Wildman–Crippen LogP) is 2.04. The molecule has 0 saturated heterocycles. The van der Waals surface area contributed by atoms with Crippen LogP contribution < -0.4 is 16.4 Å². The van der Waals surface area contributed by atoms with Crippen LogP contribution in [-0.2, 0) is 4.74 Å². The van der Waals surface area contributed by atoms with E-state index in [1.165, 1.54) is 11.3 Å². The van der Waals surface area contributed by atoms with E-state index in [0.29, 0.717) is 23.2 Å². The van der Waals surface area contributed by atoms with E-state index in [4.69, 9.17) is 10.5 Å². The van der Waals surface area contributed by atoms with Gasteiger partial charge in [0.15, 0.2) is 5.13 Å². The molecule has 0 aliphatic rings. The highest BCUT2D eigenvalue weighted by molar-refractivity contribution is 7.18. The van der Waals surface area contributed by atoms with Crippen LogP contribution in [0.4, 0.5) is 16.6 Å². The molecular formula is C13H16N4O2S. The third-order valence-corrected chi connectivity index (χ3v) is 3.50. The third-order valence-electron chi connectivity index (χ3n) is 2.47. The average Bonchev–Trinajstić information content (AvgIpc) is 2.81. The zero-order valence-electron chi connectivity index (χ0n) is 11.1. The lowest BCUT2D eigenvalue weighted by atomic mass is 10.3. The Kier molecular flexibility index (Phi) is 4.91. The fourth-order valence-corrected chi connectivity index (χ4v) is 2.35. The molecule has 0 radical (unpaired) electrons. The number of nitrogens with one attached hydrogen (secondary N) is 2. The van der Waals surface area contributed by atoms with E-state index >= 15 is 0 Å². The molecular weight excluding hydrogens is 276 g/mol. The van der Waals surface area contributed by atoms with Gasteiger partial charge in [-0.25, -0.2) is 4.98 Å². The van der Waals surface area contributed by atoms with Crippen molar-refractivity contribution in [1.82, 2.24) is 4.98 Å². The van der Waals surface area contributed by atoms with E-state index in [1.807, 2.05) is 30.3 Å². The molecule has 1 amide bonds. The number of nitrogens with zero attached hydrogens (tertiary/aromatic N) is 1. The van der Waals surface area contributed by atoms with Crippen molar-refractivity contribution in [2.75, 3.05) is 36.6 Å². The van der Waals surface area contributed by atoms with Gasteiger partial charge in [0.1, 0.15) is 10.7 Å². The number of thiazole rings is 1. The number of amides is 1. The number of nitrogens with two attached hydrogens (primary N) is 1. The number of carbonyl (C=O) groups is 1. The van der Waals surface area contributed by atoms with E-state index in [0.717, 1.165) is 5.69 Å². The zero-order valence-corrected chi connectivity index (χ0v) is 11.9. The van der Waals surface area contributed by atoms with Gasteiger partial charge in [0.2, 0.25) is 0 Å². The van der Waals surface area contributed by atoms with Crippen molar-refractivity contribution in [3.8, 4) is 0 Å². The van der Waals surface area contributed by atoms with Crippen LogP contribution in [0.25, 0.3) is 0 Å². The van der Waals surface area contributed by atoms with E-state index in [-0.39, 0.29) is 11.7 Å². The normalized spacial score (nSPS) is 10.2. The number of benzene rings is 1. The van der Waals surface area contributed by atoms with E-state index in [1.54, 1.807) is 7.11 Å². The highest BCUT2D eigenvalue weighted by Gasteiger charge is 2.16. The minimum absolute atomic E-state index is 0.225. The monoisotopic (exact) mass is 292 g/mol. The van der Waals surface area contributed by atoms with Crippen LogP contribution in [0.5, 0.6) is 0 Å². The molecule has 6 nitrogen and oxygen atoms in total. The summed E-state index contributed by atoms with van der Waals surface area (Å²) >= 11 is 1.22. The molecule has 0 saturated carbocycles. The quantitative estimate of drug-likeness (QED) is 0.709. The topological polar surface area (TPSA) is 89.3 Å². The van der Waals surface area contributed by atoms with Crippen molar-refractivity contribution >= 4 is 33.9 Å². The van der Waals surface area contributed by atoms with Gasteiger partial charge < -0.3 is 21.1 Å². The van der Waals surface area contributed by atoms with E-state index in [9.17, 15) is 4.79 Å². The Morgan fingerprint density at radius 3 is 2.85 bits per heavy atom. The third kappa shape index (κ3) is 3.69. The highest BCUT2D eigenvalue weighted by Crippen LogP contribution is 2.25. The first kappa shape index (κ1) is 14.3. The minimum atomic E-state index is -0.258. The number of anilines is 3. The van der Waals surface area contributed by atoms with Gasteiger partial charge in [-0.2, -0.15) is 0 Å². The standard InChI is InChI=1S/C13H16N4O2S/c1-19-8-7-15-13-17-11(14)10(20-13)12(18)16-9-5-3-2-4-6-9/h2-6H,7-8,14H2,1H3,(H,15,17)(H,16,18). The van der Waals surface area contributed by atoms with Gasteiger partial charge in [0.25, 0.3) is 5.91 Å². The molecule has 0 fully saturated rings. The number of carbonyl (C=O) groups excluding carboxylic acids is 1. The molecule has 0 aliphatic carbocycles. The second-order valence-electron chi connectivity index (χ2n) is 3.97. The van der Waals surface area contributed by atoms with Crippen molar-refractivity contribution in [2.45, 2.75) is 0 Å². The Bertz CT molecular complexity index is 571. The van der Waals surface area contributed by atoms with E-state index < -0.39 is 0 Å². The van der Waals surface area contributed by atoms with E-state index in [2.05, 4.69) is 15.6 Å². The summed E-state index contributed by atoms with van der Waals surface area (Å²) in [6, 6.07) is 9.21. The summed E-state index contributed by atoms with van der Waals surface area (Å²) in [6.45, 7) is 1.17. The minimum Gasteiger partial charge on any atom is -0.383 e. The highest BCUT2D eigenvalue weighted by atomic mass is 32.1. The van der Waals surface area contributed by atoms with Gasteiger partial charge >= 0.3 is 0 Å². The molecule has 2 rings (SSSR count). The Morgan fingerprint density at radius 2 is 2.15 bits per heavy atom. The number of aromatic nitrogens is 1. The lowest BCUT2D eigenvalue weighted by Crippen LogP contribution is -2.11. The maximum absolute atomic E-state index is 12.1. The SMILES string of the molecule is COCCNc1nc(N)c(C(=O)Nc2ccccc2)s1. The van der Waals surface area contributed by atoms with Crippen molar-refractivity contribution < 1.29 is 9.53 Å². The number of methoxy groups -OCH3 is 1. The summed E-state index contributed by atoms with van der Waals surface area (Å²) in [5, 5.41) is 6.44. The summed E-state index contributed by atoms with van der Waals surface area (Å²) in [5.74, 6) is -0.0330. The molecule has 0 spiro atoms. The van der Waals surface area contributed by atoms with Gasteiger partial charge in [-0.05, 0) is 12.1 Å². The Morgan fingerprint density at radius 1 is 1.40 bits per heavy atom. The molecule has 1 aromatic carbocycles. The molecule has 2 aromatic rings. The zero-order chi connectivity index (χ0) is 14.4. The summed E-state index contributed by atoms with van der Waals surface area (Å²) in [4.78, 5) is 16.6. The molecule has 20 heavy (non-hydrogen) atoms. The van der Waals surface area contributed by atoms with Crippen molar-refractivity contribution in [3.63, 3.8) is 0 Å². The maximum atomic E-state index is 12.1. The lowest BCUT2D eigenvalue weighted by Gasteiger charge is -2.02.